The second kappa shape index (κ2) is 9.17. The molecule has 154 valence electrons. The zero-order valence-electron chi connectivity index (χ0n) is 16.5. The highest BCUT2D eigenvalue weighted by atomic mass is 32.2. The van der Waals surface area contributed by atoms with Crippen molar-refractivity contribution in [3.05, 3.63) is 59.7 Å². The second-order valence-electron chi connectivity index (χ2n) is 7.07. The molecule has 28 heavy (non-hydrogen) atoms. The summed E-state index contributed by atoms with van der Waals surface area (Å²) in [6, 6.07) is 12.8. The van der Waals surface area contributed by atoms with Gasteiger partial charge in [0.15, 0.2) is 0 Å². The van der Waals surface area contributed by atoms with Gasteiger partial charge in [0, 0.05) is 0 Å². The molecule has 0 aliphatic rings. The largest absolute Gasteiger partial charge is 0.297 e. The number of hydrogen-bond acceptors (Lipinski definition) is 6. The van der Waals surface area contributed by atoms with E-state index in [4.69, 9.17) is 8.37 Å². The molecule has 0 N–H and O–H groups in total. The van der Waals surface area contributed by atoms with E-state index in [9.17, 15) is 16.8 Å². The second-order valence-corrected chi connectivity index (χ2v) is 10.3. The predicted octanol–water partition coefficient (Wildman–Crippen LogP) is 3.83. The Morgan fingerprint density at radius 2 is 1.18 bits per heavy atom. The number of benzene rings is 2. The van der Waals surface area contributed by atoms with Gasteiger partial charge in [-0.25, -0.2) is 0 Å². The minimum atomic E-state index is -3.87. The molecule has 0 radical (unpaired) electrons. The lowest BCUT2D eigenvalue weighted by Crippen LogP contribution is -2.21. The normalized spacial score (nSPS) is 14.6. The van der Waals surface area contributed by atoms with Crippen molar-refractivity contribution in [2.75, 3.05) is 6.61 Å². The van der Waals surface area contributed by atoms with E-state index in [2.05, 4.69) is 0 Å². The minimum absolute atomic E-state index is 0.0610. The molecule has 2 aromatic carbocycles. The Morgan fingerprint density at radius 3 is 1.64 bits per heavy atom. The standard InChI is InChI=1S/C20H26O6S2/c1-15-5-9-19(10-6-15)27(21,22)25-14-17(3)13-18(4)26-28(23,24)20-11-7-16(2)8-12-20/h5-12,17-18H,13-14H2,1-4H3. The van der Waals surface area contributed by atoms with E-state index in [1.54, 1.807) is 38.1 Å². The van der Waals surface area contributed by atoms with E-state index in [0.29, 0.717) is 6.42 Å². The molecule has 0 amide bonds. The number of rotatable bonds is 9. The lowest BCUT2D eigenvalue weighted by atomic mass is 10.1. The molecule has 0 heterocycles. The molecule has 0 aliphatic heterocycles. The Bertz CT molecular complexity index is 978. The Kier molecular flexibility index (Phi) is 7.39. The monoisotopic (exact) mass is 426 g/mol. The molecule has 8 heteroatoms. The van der Waals surface area contributed by atoms with Gasteiger partial charge in [0.05, 0.1) is 22.5 Å². The first-order chi connectivity index (χ1) is 13.0. The van der Waals surface area contributed by atoms with E-state index in [0.717, 1.165) is 11.1 Å². The number of aryl methyl sites for hydroxylation is 2. The maximum atomic E-state index is 12.3. The third-order valence-electron chi connectivity index (χ3n) is 4.15. The molecule has 6 nitrogen and oxygen atoms in total. The third kappa shape index (κ3) is 6.41. The van der Waals surface area contributed by atoms with Gasteiger partial charge in [-0.05, 0) is 57.4 Å². The van der Waals surface area contributed by atoms with Gasteiger partial charge in [-0.15, -0.1) is 0 Å². The molecule has 0 aliphatic carbocycles. The van der Waals surface area contributed by atoms with Crippen molar-refractivity contribution in [1.82, 2.24) is 0 Å². The molecule has 2 rings (SSSR count). The van der Waals surface area contributed by atoms with Crippen LogP contribution < -0.4 is 0 Å². The average Bonchev–Trinajstić information content (AvgIpc) is 2.60. The first-order valence-electron chi connectivity index (χ1n) is 8.95. The molecule has 0 saturated heterocycles. The summed E-state index contributed by atoms with van der Waals surface area (Å²) in [7, 11) is -7.72. The summed E-state index contributed by atoms with van der Waals surface area (Å²) in [5.41, 5.74) is 1.90. The van der Waals surface area contributed by atoms with E-state index >= 15 is 0 Å². The van der Waals surface area contributed by atoms with E-state index in [-0.39, 0.29) is 22.3 Å². The Balaban J connectivity index is 1.90. The van der Waals surface area contributed by atoms with Crippen molar-refractivity contribution in [2.24, 2.45) is 5.92 Å². The quantitative estimate of drug-likeness (QED) is 0.567. The molecule has 0 aromatic heterocycles. The van der Waals surface area contributed by atoms with Gasteiger partial charge < -0.3 is 0 Å². The van der Waals surface area contributed by atoms with E-state index in [1.165, 1.54) is 24.3 Å². The predicted molar refractivity (Wildman–Crippen MR) is 107 cm³/mol. The molecule has 0 saturated carbocycles. The van der Waals surface area contributed by atoms with Crippen LogP contribution in [0.2, 0.25) is 0 Å². The zero-order valence-corrected chi connectivity index (χ0v) is 18.1. The van der Waals surface area contributed by atoms with Gasteiger partial charge in [0.1, 0.15) is 0 Å². The zero-order chi connectivity index (χ0) is 20.9. The number of hydrogen-bond donors (Lipinski definition) is 0. The van der Waals surface area contributed by atoms with Crippen LogP contribution in [0.4, 0.5) is 0 Å². The van der Waals surface area contributed by atoms with Crippen molar-refractivity contribution in [1.29, 1.82) is 0 Å². The molecule has 2 aromatic rings. The summed E-state index contributed by atoms with van der Waals surface area (Å²) < 4.78 is 59.4. The van der Waals surface area contributed by atoms with Gasteiger partial charge >= 0.3 is 0 Å². The molecular weight excluding hydrogens is 400 g/mol. The van der Waals surface area contributed by atoms with Crippen LogP contribution in [0.5, 0.6) is 0 Å². The highest BCUT2D eigenvalue weighted by Gasteiger charge is 2.22. The third-order valence-corrected chi connectivity index (χ3v) is 6.88. The highest BCUT2D eigenvalue weighted by Crippen LogP contribution is 2.20. The van der Waals surface area contributed by atoms with Crippen molar-refractivity contribution in [3.63, 3.8) is 0 Å². The van der Waals surface area contributed by atoms with Gasteiger partial charge in [-0.2, -0.15) is 16.8 Å². The van der Waals surface area contributed by atoms with E-state index < -0.39 is 26.3 Å². The fourth-order valence-corrected chi connectivity index (χ4v) is 4.74. The molecule has 0 bridgehead atoms. The van der Waals surface area contributed by atoms with Crippen LogP contribution in [0.15, 0.2) is 58.3 Å². The van der Waals surface area contributed by atoms with Crippen LogP contribution in [0.1, 0.15) is 31.4 Å². The first-order valence-corrected chi connectivity index (χ1v) is 11.8. The van der Waals surface area contributed by atoms with Crippen molar-refractivity contribution in [3.8, 4) is 0 Å². The fourth-order valence-electron chi connectivity index (χ4n) is 2.63. The van der Waals surface area contributed by atoms with Crippen LogP contribution in [-0.2, 0) is 28.6 Å². The molecule has 2 unspecified atom stereocenters. The Labute approximate surface area is 167 Å². The summed E-state index contributed by atoms with van der Waals surface area (Å²) in [5, 5.41) is 0. The van der Waals surface area contributed by atoms with Crippen LogP contribution in [-0.4, -0.2) is 29.5 Å². The van der Waals surface area contributed by atoms with Crippen LogP contribution in [0, 0.1) is 19.8 Å². The smallest absolute Gasteiger partial charge is 0.266 e. The van der Waals surface area contributed by atoms with Crippen LogP contribution in [0.25, 0.3) is 0 Å². The van der Waals surface area contributed by atoms with Crippen LogP contribution >= 0.6 is 0 Å². The maximum absolute atomic E-state index is 12.3. The summed E-state index contributed by atoms with van der Waals surface area (Å²) in [6.07, 6.45) is -0.291. The molecule has 0 fully saturated rings. The average molecular weight is 427 g/mol. The van der Waals surface area contributed by atoms with Crippen LogP contribution in [0.3, 0.4) is 0 Å². The Hall–Kier alpha value is -1.74. The maximum Gasteiger partial charge on any atom is 0.297 e. The van der Waals surface area contributed by atoms with Crippen molar-refractivity contribution >= 4 is 20.2 Å². The topological polar surface area (TPSA) is 86.7 Å². The molecule has 0 spiro atoms. The van der Waals surface area contributed by atoms with Gasteiger partial charge in [0.2, 0.25) is 0 Å². The fraction of sp³-hybridized carbons (Fsp3) is 0.400. The van der Waals surface area contributed by atoms with E-state index in [1.807, 2.05) is 13.8 Å². The van der Waals surface area contributed by atoms with Gasteiger partial charge in [-0.1, -0.05) is 42.3 Å². The summed E-state index contributed by atoms with van der Waals surface area (Å²) >= 11 is 0. The Morgan fingerprint density at radius 1 is 0.750 bits per heavy atom. The SMILES string of the molecule is Cc1ccc(S(=O)(=O)OCC(C)CC(C)OS(=O)(=O)c2ccc(C)cc2)cc1. The minimum Gasteiger partial charge on any atom is -0.266 e. The summed E-state index contributed by atoms with van der Waals surface area (Å²) in [4.78, 5) is 0.187. The lowest BCUT2D eigenvalue weighted by Gasteiger charge is -2.18. The molecule has 2 atom stereocenters. The lowest BCUT2D eigenvalue weighted by molar-refractivity contribution is 0.168. The first kappa shape index (κ1) is 22.5. The summed E-state index contributed by atoms with van der Waals surface area (Å²) in [5.74, 6) is -0.219. The van der Waals surface area contributed by atoms with Gasteiger partial charge in [0.25, 0.3) is 20.2 Å². The highest BCUT2D eigenvalue weighted by molar-refractivity contribution is 7.87. The molecular formula is C20H26O6S2. The summed E-state index contributed by atoms with van der Waals surface area (Å²) in [6.45, 7) is 7.09. The van der Waals surface area contributed by atoms with Gasteiger partial charge in [-0.3, -0.25) is 8.37 Å². The van der Waals surface area contributed by atoms with Crippen molar-refractivity contribution < 1.29 is 25.2 Å². The van der Waals surface area contributed by atoms with Crippen molar-refractivity contribution in [2.45, 2.75) is 50.0 Å².